The van der Waals surface area contributed by atoms with Crippen molar-refractivity contribution in [3.63, 3.8) is 0 Å². The number of aliphatic hydroxyl groups is 1. The molecule has 1 rings (SSSR count). The second-order valence-electron chi connectivity index (χ2n) is 3.52. The number of hydrogen-bond donors (Lipinski definition) is 2. The maximum Gasteiger partial charge on any atom is 0.416 e. The summed E-state index contributed by atoms with van der Waals surface area (Å²) in [5.41, 5.74) is -1.12. The van der Waals surface area contributed by atoms with E-state index in [2.05, 4.69) is 5.32 Å². The van der Waals surface area contributed by atoms with E-state index in [4.69, 9.17) is 5.11 Å². The minimum Gasteiger partial charge on any atom is -0.382 e. The summed E-state index contributed by atoms with van der Waals surface area (Å²) in [6.45, 7) is -0.912. The lowest BCUT2D eigenvalue weighted by molar-refractivity contribution is -0.198. The third-order valence-corrected chi connectivity index (χ3v) is 2.07. The minimum atomic E-state index is -4.81. The fraction of sp³-hybridized carbons (Fsp3) is 0.400. The van der Waals surface area contributed by atoms with Gasteiger partial charge in [0.2, 0.25) is 0 Å². The maximum absolute atomic E-state index is 12.3. The highest BCUT2D eigenvalue weighted by atomic mass is 19.4. The van der Waals surface area contributed by atoms with E-state index >= 15 is 0 Å². The van der Waals surface area contributed by atoms with Crippen molar-refractivity contribution >= 4 is 5.69 Å². The third kappa shape index (κ3) is 4.10. The van der Waals surface area contributed by atoms with Crippen LogP contribution in [0.3, 0.4) is 0 Å². The number of aliphatic hydroxyl groups excluding tert-OH is 1. The second kappa shape index (κ2) is 5.05. The first kappa shape index (κ1) is 14.6. The van der Waals surface area contributed by atoms with Gasteiger partial charge in [0.1, 0.15) is 0 Å². The fourth-order valence-corrected chi connectivity index (χ4v) is 1.14. The number of halogens is 6. The standard InChI is InChI=1S/C10H9F6NO/c11-9(12,13)6-2-1-3-7(4-6)17-5-8(18)10(14,15)16/h1-4,8,17-18H,5H2. The summed E-state index contributed by atoms with van der Waals surface area (Å²) in [6, 6.07) is 3.71. The molecule has 0 aliphatic rings. The van der Waals surface area contributed by atoms with Gasteiger partial charge in [-0.3, -0.25) is 0 Å². The van der Waals surface area contributed by atoms with Crippen molar-refractivity contribution in [3.8, 4) is 0 Å². The minimum absolute atomic E-state index is 0.145. The van der Waals surface area contributed by atoms with E-state index < -0.39 is 30.6 Å². The molecule has 0 aliphatic carbocycles. The average Bonchev–Trinajstić information content (AvgIpc) is 2.23. The summed E-state index contributed by atoms with van der Waals surface area (Å²) >= 11 is 0. The lowest BCUT2D eigenvalue weighted by Crippen LogP contribution is -2.35. The van der Waals surface area contributed by atoms with Crippen molar-refractivity contribution in [1.82, 2.24) is 0 Å². The van der Waals surface area contributed by atoms with Crippen molar-refractivity contribution in [2.45, 2.75) is 18.5 Å². The molecule has 0 heterocycles. The molecule has 0 saturated heterocycles. The molecule has 0 aromatic heterocycles. The molecule has 2 nitrogen and oxygen atoms in total. The number of rotatable bonds is 3. The molecular formula is C10H9F6NO. The van der Waals surface area contributed by atoms with E-state index in [9.17, 15) is 26.3 Å². The molecule has 18 heavy (non-hydrogen) atoms. The number of nitrogens with one attached hydrogen (secondary N) is 1. The Morgan fingerprint density at radius 3 is 2.22 bits per heavy atom. The van der Waals surface area contributed by atoms with Crippen molar-refractivity contribution < 1.29 is 31.4 Å². The van der Waals surface area contributed by atoms with Gasteiger partial charge in [-0.1, -0.05) is 6.07 Å². The van der Waals surface area contributed by atoms with Crippen molar-refractivity contribution in [2.75, 3.05) is 11.9 Å². The average molecular weight is 273 g/mol. The lowest BCUT2D eigenvalue weighted by atomic mass is 10.2. The van der Waals surface area contributed by atoms with Crippen LogP contribution < -0.4 is 5.32 Å². The van der Waals surface area contributed by atoms with Gasteiger partial charge in [0.25, 0.3) is 0 Å². The zero-order valence-electron chi connectivity index (χ0n) is 8.81. The topological polar surface area (TPSA) is 32.3 Å². The van der Waals surface area contributed by atoms with Crippen molar-refractivity contribution in [2.24, 2.45) is 0 Å². The van der Waals surface area contributed by atoms with E-state index in [0.29, 0.717) is 6.07 Å². The Labute approximate surface area is 98.2 Å². The maximum atomic E-state index is 12.3. The normalized spacial score (nSPS) is 14.4. The fourth-order valence-electron chi connectivity index (χ4n) is 1.14. The summed E-state index contributed by atoms with van der Waals surface area (Å²) in [6.07, 6.45) is -12.0. The third-order valence-electron chi connectivity index (χ3n) is 2.07. The van der Waals surface area contributed by atoms with E-state index in [1.807, 2.05) is 0 Å². The molecule has 0 saturated carbocycles. The molecule has 0 amide bonds. The van der Waals surface area contributed by atoms with Crippen molar-refractivity contribution in [1.29, 1.82) is 0 Å². The van der Waals surface area contributed by atoms with E-state index in [1.54, 1.807) is 0 Å². The molecular weight excluding hydrogens is 264 g/mol. The van der Waals surface area contributed by atoms with Gasteiger partial charge in [-0.25, -0.2) is 0 Å². The highest BCUT2D eigenvalue weighted by Gasteiger charge is 2.38. The van der Waals surface area contributed by atoms with Gasteiger partial charge in [-0.05, 0) is 18.2 Å². The summed E-state index contributed by atoms with van der Waals surface area (Å²) in [5, 5.41) is 10.8. The van der Waals surface area contributed by atoms with Crippen LogP contribution in [0.4, 0.5) is 32.0 Å². The first-order valence-electron chi connectivity index (χ1n) is 4.76. The van der Waals surface area contributed by atoms with Gasteiger partial charge in [0, 0.05) is 12.2 Å². The Balaban J connectivity index is 2.69. The first-order chi connectivity index (χ1) is 8.10. The van der Waals surface area contributed by atoms with Crippen LogP contribution in [0.15, 0.2) is 24.3 Å². The molecule has 1 aromatic carbocycles. The summed E-state index contributed by atoms with van der Waals surface area (Å²) in [4.78, 5) is 0. The van der Waals surface area contributed by atoms with Crippen LogP contribution in [0.5, 0.6) is 0 Å². The second-order valence-corrected chi connectivity index (χ2v) is 3.52. The Morgan fingerprint density at radius 2 is 1.72 bits per heavy atom. The summed E-state index contributed by atoms with van der Waals surface area (Å²) in [7, 11) is 0. The highest BCUT2D eigenvalue weighted by Crippen LogP contribution is 2.30. The molecule has 0 radical (unpaired) electrons. The van der Waals surface area contributed by atoms with Crippen LogP contribution in [0.2, 0.25) is 0 Å². The number of anilines is 1. The molecule has 0 fully saturated rings. The summed E-state index contributed by atoms with van der Waals surface area (Å²) in [5.74, 6) is 0. The predicted octanol–water partition coefficient (Wildman–Crippen LogP) is 3.04. The molecule has 0 spiro atoms. The molecule has 8 heteroatoms. The molecule has 1 unspecified atom stereocenters. The van der Waals surface area contributed by atoms with Gasteiger partial charge in [0.05, 0.1) is 5.56 Å². The Hall–Kier alpha value is -1.44. The molecule has 102 valence electrons. The van der Waals surface area contributed by atoms with Crippen LogP contribution in [0, 0.1) is 0 Å². The highest BCUT2D eigenvalue weighted by molar-refractivity contribution is 5.46. The number of alkyl halides is 6. The lowest BCUT2D eigenvalue weighted by Gasteiger charge is -2.16. The molecule has 1 aromatic rings. The van der Waals surface area contributed by atoms with E-state index in [0.717, 1.165) is 12.1 Å². The van der Waals surface area contributed by atoms with Crippen LogP contribution >= 0.6 is 0 Å². The predicted molar refractivity (Wildman–Crippen MR) is 52.0 cm³/mol. The smallest absolute Gasteiger partial charge is 0.382 e. The zero-order chi connectivity index (χ0) is 14.0. The first-order valence-corrected chi connectivity index (χ1v) is 4.76. The van der Waals surface area contributed by atoms with Crippen LogP contribution in [0.25, 0.3) is 0 Å². The Morgan fingerprint density at radius 1 is 1.11 bits per heavy atom. The van der Waals surface area contributed by atoms with Crippen LogP contribution in [-0.4, -0.2) is 23.9 Å². The van der Waals surface area contributed by atoms with Gasteiger partial charge >= 0.3 is 12.4 Å². The molecule has 1 atom stereocenters. The zero-order valence-corrected chi connectivity index (χ0v) is 8.81. The monoisotopic (exact) mass is 273 g/mol. The van der Waals surface area contributed by atoms with E-state index in [1.165, 1.54) is 6.07 Å². The van der Waals surface area contributed by atoms with Crippen molar-refractivity contribution in [3.05, 3.63) is 29.8 Å². The SMILES string of the molecule is OC(CNc1cccc(C(F)(F)F)c1)C(F)(F)F. The largest absolute Gasteiger partial charge is 0.416 e. The number of benzene rings is 1. The van der Waals surface area contributed by atoms with Crippen LogP contribution in [-0.2, 0) is 6.18 Å². The van der Waals surface area contributed by atoms with Gasteiger partial charge in [-0.15, -0.1) is 0 Å². The van der Waals surface area contributed by atoms with E-state index in [-0.39, 0.29) is 5.69 Å². The number of hydrogen-bond acceptors (Lipinski definition) is 2. The quantitative estimate of drug-likeness (QED) is 0.830. The van der Waals surface area contributed by atoms with Gasteiger partial charge in [-0.2, -0.15) is 26.3 Å². The summed E-state index contributed by atoms with van der Waals surface area (Å²) < 4.78 is 72.7. The molecule has 2 N–H and O–H groups in total. The Kier molecular flexibility index (Phi) is 4.10. The van der Waals surface area contributed by atoms with Gasteiger partial charge < -0.3 is 10.4 Å². The van der Waals surface area contributed by atoms with Crippen LogP contribution in [0.1, 0.15) is 5.56 Å². The molecule has 0 aliphatic heterocycles. The Bertz CT molecular complexity index is 400. The van der Waals surface area contributed by atoms with Gasteiger partial charge in [0.15, 0.2) is 6.10 Å². The molecule has 0 bridgehead atoms.